The number of nitro groups is 2. The Hall–Kier alpha value is -5.12. The number of hydrogen-bond donors (Lipinski definition) is 1. The number of hydrogen-bond acceptors (Lipinski definition) is 10. The second-order valence-electron chi connectivity index (χ2n) is 13.2. The molecule has 3 fully saturated rings. The van der Waals surface area contributed by atoms with Crippen molar-refractivity contribution in [3.63, 3.8) is 0 Å². The average Bonchev–Trinajstić information content (AvgIpc) is 3.43. The minimum atomic E-state index is -2.34. The van der Waals surface area contributed by atoms with Crippen LogP contribution in [0.2, 0.25) is 5.02 Å². The highest BCUT2D eigenvalue weighted by Gasteiger charge is 2.77. The minimum absolute atomic E-state index is 0.00295. The van der Waals surface area contributed by atoms with Gasteiger partial charge in [0.1, 0.15) is 11.6 Å². The molecule has 0 spiro atoms. The first kappa shape index (κ1) is 35.3. The van der Waals surface area contributed by atoms with Gasteiger partial charge in [-0.3, -0.25) is 39.4 Å². The first-order chi connectivity index (χ1) is 24.4. The monoisotopic (exact) mass is 771 g/mol. The first-order valence-electron chi connectivity index (χ1n) is 15.7. The number of fused-ring (bicyclic) bond motifs is 4. The van der Waals surface area contributed by atoms with E-state index in [4.69, 9.17) is 34.8 Å². The maximum Gasteiger partial charge on any atom is 0.301 e. The number of imide groups is 2. The molecule has 2 heterocycles. The van der Waals surface area contributed by atoms with Gasteiger partial charge in [-0.1, -0.05) is 23.3 Å². The molecule has 2 aliphatic carbocycles. The summed E-state index contributed by atoms with van der Waals surface area (Å²) in [7, 11) is 2.73. The summed E-state index contributed by atoms with van der Waals surface area (Å²) >= 11 is 20.9. The van der Waals surface area contributed by atoms with Crippen LogP contribution in [0.1, 0.15) is 24.3 Å². The van der Waals surface area contributed by atoms with Gasteiger partial charge in [0.2, 0.25) is 11.8 Å². The highest BCUT2D eigenvalue weighted by atomic mass is 35.5. The zero-order valence-electron chi connectivity index (χ0n) is 27.0. The number of aromatic hydroxyl groups is 1. The fraction of sp³-hybridized carbons (Fsp3) is 0.294. The zero-order valence-corrected chi connectivity index (χ0v) is 29.2. The maximum atomic E-state index is 14.5. The number of rotatable bonds is 6. The number of carbonyl (C=O) groups is 4. The molecule has 1 N–H and O–H groups in total. The Morgan fingerprint density at radius 2 is 1.48 bits per heavy atom. The van der Waals surface area contributed by atoms with Crippen LogP contribution in [0.3, 0.4) is 0 Å². The number of anilines is 3. The molecular formula is C34H25Cl3FN5O9. The molecule has 2 saturated heterocycles. The number of amides is 4. The van der Waals surface area contributed by atoms with Gasteiger partial charge in [0.05, 0.1) is 33.1 Å². The smallest absolute Gasteiger partial charge is 0.301 e. The lowest BCUT2D eigenvalue weighted by Crippen LogP contribution is -2.60. The number of halogens is 4. The van der Waals surface area contributed by atoms with Crippen molar-refractivity contribution in [3.05, 3.63) is 103 Å². The van der Waals surface area contributed by atoms with Crippen molar-refractivity contribution < 1.29 is 38.5 Å². The van der Waals surface area contributed by atoms with E-state index in [1.807, 2.05) is 0 Å². The van der Waals surface area contributed by atoms with Crippen molar-refractivity contribution in [1.29, 1.82) is 0 Å². The quantitative estimate of drug-likeness (QED) is 0.105. The van der Waals surface area contributed by atoms with Crippen LogP contribution in [0.5, 0.6) is 5.75 Å². The molecule has 14 nitrogen and oxygen atoms in total. The first-order valence-corrected chi connectivity index (χ1v) is 16.8. The van der Waals surface area contributed by atoms with Crippen LogP contribution >= 0.6 is 34.8 Å². The predicted octanol–water partition coefficient (Wildman–Crippen LogP) is 5.84. The van der Waals surface area contributed by atoms with E-state index >= 15 is 0 Å². The number of phenolic OH excluding ortho intramolecular Hbond substituents is 1. The summed E-state index contributed by atoms with van der Waals surface area (Å²) in [6.07, 6.45) is 1.02. The molecule has 0 radical (unpaired) electrons. The average molecular weight is 773 g/mol. The van der Waals surface area contributed by atoms with Crippen LogP contribution in [0.4, 0.5) is 32.8 Å². The summed E-state index contributed by atoms with van der Waals surface area (Å²) < 4.78 is 13.9. The van der Waals surface area contributed by atoms with Gasteiger partial charge in [0.25, 0.3) is 11.8 Å². The van der Waals surface area contributed by atoms with E-state index < -0.39 is 96.2 Å². The van der Waals surface area contributed by atoms with E-state index in [0.29, 0.717) is 10.5 Å². The van der Waals surface area contributed by atoms with Gasteiger partial charge in [-0.25, -0.2) is 14.2 Å². The Morgan fingerprint density at radius 3 is 2.06 bits per heavy atom. The predicted molar refractivity (Wildman–Crippen MR) is 186 cm³/mol. The van der Waals surface area contributed by atoms with E-state index in [-0.39, 0.29) is 34.1 Å². The Balaban J connectivity index is 1.40. The van der Waals surface area contributed by atoms with Crippen molar-refractivity contribution in [1.82, 2.24) is 0 Å². The number of carbonyl (C=O) groups excluding carboxylic acids is 4. The fourth-order valence-electron chi connectivity index (χ4n) is 8.21. The standard InChI is InChI=1S/C34H25Cl3FN5O9/c1-39(2)28-23(42(49)50)12-18(13-24(28)43(51)52)40-29(45)20-9-8-19-22(26(20)30(40)46)14-33(36)31(47)41(17-6-4-16(38)5-7-17)32(48)34(33,37)27(19)21-11-15(35)3-10-25(21)44/h3-8,10-13,20,22,26-27,44H,9,14H2,1-2H3/t20-,22+,26-,27+,33+,34-/m0/s1. The molecule has 0 unspecified atom stereocenters. The lowest BCUT2D eigenvalue weighted by Gasteiger charge is -2.50. The van der Waals surface area contributed by atoms with Gasteiger partial charge in [0, 0.05) is 42.7 Å². The number of nitrogens with zero attached hydrogens (tertiary/aromatic N) is 5. The molecule has 6 atom stereocenters. The molecule has 0 aromatic heterocycles. The van der Waals surface area contributed by atoms with Crippen LogP contribution in [0, 0.1) is 43.8 Å². The number of benzene rings is 3. The molecule has 268 valence electrons. The summed E-state index contributed by atoms with van der Waals surface area (Å²) in [5.74, 6) is -9.53. The molecule has 3 aromatic rings. The third-order valence-electron chi connectivity index (χ3n) is 10.3. The third-order valence-corrected chi connectivity index (χ3v) is 12.0. The van der Waals surface area contributed by atoms with Crippen molar-refractivity contribution in [2.75, 3.05) is 28.8 Å². The summed E-state index contributed by atoms with van der Waals surface area (Å²) in [6, 6.07) is 10.2. The Kier molecular flexibility index (Phi) is 8.12. The van der Waals surface area contributed by atoms with Crippen molar-refractivity contribution in [2.24, 2.45) is 17.8 Å². The molecule has 2 aliphatic heterocycles. The molecule has 4 aliphatic rings. The van der Waals surface area contributed by atoms with E-state index in [0.717, 1.165) is 29.2 Å². The second-order valence-corrected chi connectivity index (χ2v) is 14.9. The second kappa shape index (κ2) is 12.0. The van der Waals surface area contributed by atoms with Gasteiger partial charge >= 0.3 is 11.4 Å². The number of allylic oxidation sites excluding steroid dienone is 2. The largest absolute Gasteiger partial charge is 0.508 e. The van der Waals surface area contributed by atoms with Crippen LogP contribution < -0.4 is 14.7 Å². The van der Waals surface area contributed by atoms with Gasteiger partial charge in [-0.2, -0.15) is 0 Å². The molecular weight excluding hydrogens is 748 g/mol. The van der Waals surface area contributed by atoms with Crippen LogP contribution in [0.15, 0.2) is 66.2 Å². The third kappa shape index (κ3) is 4.75. The lowest BCUT2D eigenvalue weighted by atomic mass is 9.56. The molecule has 4 amide bonds. The van der Waals surface area contributed by atoms with Crippen LogP contribution in [-0.4, -0.2) is 62.4 Å². The number of alkyl halides is 2. The molecule has 3 aromatic carbocycles. The van der Waals surface area contributed by atoms with Crippen LogP contribution in [-0.2, 0) is 19.2 Å². The minimum Gasteiger partial charge on any atom is -0.508 e. The number of nitro benzene ring substituents is 2. The zero-order chi connectivity index (χ0) is 37.8. The maximum absolute atomic E-state index is 14.5. The van der Waals surface area contributed by atoms with Crippen LogP contribution in [0.25, 0.3) is 0 Å². The van der Waals surface area contributed by atoms with Gasteiger partial charge in [-0.15, -0.1) is 23.2 Å². The van der Waals surface area contributed by atoms with Crippen molar-refractivity contribution >= 4 is 86.9 Å². The highest BCUT2D eigenvalue weighted by molar-refractivity contribution is 6.58. The summed E-state index contributed by atoms with van der Waals surface area (Å²) in [5.41, 5.74) is -1.94. The van der Waals surface area contributed by atoms with Crippen molar-refractivity contribution in [3.8, 4) is 5.75 Å². The Morgan fingerprint density at radius 1 is 0.865 bits per heavy atom. The molecule has 0 bridgehead atoms. The van der Waals surface area contributed by atoms with E-state index in [1.165, 1.54) is 49.3 Å². The molecule has 52 heavy (non-hydrogen) atoms. The van der Waals surface area contributed by atoms with Crippen molar-refractivity contribution in [2.45, 2.75) is 28.5 Å². The summed E-state index contributed by atoms with van der Waals surface area (Å²) in [6.45, 7) is 0. The molecule has 1 saturated carbocycles. The van der Waals surface area contributed by atoms with Gasteiger partial charge < -0.3 is 10.0 Å². The lowest BCUT2D eigenvalue weighted by molar-refractivity contribution is -0.392. The van der Waals surface area contributed by atoms with Gasteiger partial charge in [-0.05, 0) is 61.2 Å². The Labute approximate surface area is 308 Å². The van der Waals surface area contributed by atoms with E-state index in [1.54, 1.807) is 6.08 Å². The number of phenols is 1. The highest BCUT2D eigenvalue weighted by Crippen LogP contribution is 2.66. The van der Waals surface area contributed by atoms with E-state index in [2.05, 4.69) is 0 Å². The summed E-state index contributed by atoms with van der Waals surface area (Å²) in [5, 5.41) is 35.5. The molecule has 7 rings (SSSR count). The summed E-state index contributed by atoms with van der Waals surface area (Å²) in [4.78, 5) is 77.7. The van der Waals surface area contributed by atoms with E-state index in [9.17, 15) is 48.9 Å². The topological polar surface area (TPSA) is 185 Å². The SMILES string of the molecule is CN(C)c1c([N+](=O)[O-])cc(N2C(=O)[C@H]3[C@H](CC=C4[C@H]3C[C@@]3(Cl)C(=O)N(c5ccc(F)cc5)C(=O)[C@@]3(Cl)[C@H]4c3cc(Cl)ccc3O)C2=O)cc1[N+](=O)[O-]. The van der Waals surface area contributed by atoms with Gasteiger partial charge in [0.15, 0.2) is 15.4 Å². The Bertz CT molecular complexity index is 2170. The molecule has 18 heteroatoms. The fourth-order valence-corrected chi connectivity index (χ4v) is 9.32. The normalized spacial score (nSPS) is 28.0.